The molecule has 0 saturated carbocycles. The van der Waals surface area contributed by atoms with E-state index in [1.54, 1.807) is 35.0 Å². The van der Waals surface area contributed by atoms with Crippen LogP contribution in [0.15, 0.2) is 29.5 Å². The first kappa shape index (κ1) is 22.5. The number of halogens is 1. The number of hydrogen-bond acceptors (Lipinski definition) is 4. The zero-order chi connectivity index (χ0) is 19.9. The minimum atomic E-state index is -1.04. The fraction of sp³-hybridized carbons (Fsp3) is 0.500. The van der Waals surface area contributed by atoms with Gasteiger partial charge in [0.15, 0.2) is 5.15 Å². The Balaban J connectivity index is 3.03. The lowest BCUT2D eigenvalue weighted by Crippen LogP contribution is -2.38. The second-order valence-corrected chi connectivity index (χ2v) is 8.56. The van der Waals surface area contributed by atoms with Gasteiger partial charge in [-0.3, -0.25) is 9.79 Å². The van der Waals surface area contributed by atoms with Gasteiger partial charge in [-0.05, 0) is 53.5 Å². The van der Waals surface area contributed by atoms with Gasteiger partial charge in [0.05, 0.1) is 12.1 Å². The molecule has 1 aromatic rings. The standard InChI is InChI=1S/C18H27ClN4O2S/c1-7-22(18(24)14(4)12-26(25)13(2)3)16-11-23(21-17(16)19)15(5)9-8-10-20-6/h8-11,13-14H,6-7,12H2,1-5H3/b10-8-,15-9+. The summed E-state index contributed by atoms with van der Waals surface area (Å²) in [5.74, 6) is -0.145. The molecule has 0 N–H and O–H groups in total. The van der Waals surface area contributed by atoms with Crippen LogP contribution in [0.5, 0.6) is 0 Å². The third-order valence-electron chi connectivity index (χ3n) is 3.78. The van der Waals surface area contributed by atoms with E-state index >= 15 is 0 Å². The second-order valence-electron chi connectivity index (χ2n) is 6.16. The van der Waals surface area contributed by atoms with Crippen LogP contribution in [0.2, 0.25) is 5.15 Å². The van der Waals surface area contributed by atoms with E-state index in [9.17, 15) is 9.35 Å². The lowest BCUT2D eigenvalue weighted by atomic mass is 10.2. The average molecular weight is 399 g/mol. The lowest BCUT2D eigenvalue weighted by molar-refractivity contribution is -0.121. The van der Waals surface area contributed by atoms with Gasteiger partial charge >= 0.3 is 0 Å². The third-order valence-corrected chi connectivity index (χ3v) is 5.93. The molecule has 8 heteroatoms. The molecule has 0 saturated heterocycles. The topological polar surface area (TPSA) is 73.5 Å². The summed E-state index contributed by atoms with van der Waals surface area (Å²) in [4.78, 5) is 18.0. The quantitative estimate of drug-likeness (QED) is 0.361. The molecule has 0 aromatic carbocycles. The number of carbonyl (C=O) groups is 1. The largest absolute Gasteiger partial charge is 0.616 e. The maximum atomic E-state index is 12.8. The number of hydrogen-bond donors (Lipinski definition) is 0. The molecule has 0 aliphatic heterocycles. The van der Waals surface area contributed by atoms with Gasteiger partial charge in [-0.2, -0.15) is 5.10 Å². The molecular weight excluding hydrogens is 372 g/mol. The SMILES string of the molecule is C=N/C=C\C=C(/C)n1cc(N(CC)C(=O)C(C)C[S+]([O-])C(C)C)c(Cl)n1. The van der Waals surface area contributed by atoms with E-state index in [-0.39, 0.29) is 22.2 Å². The summed E-state index contributed by atoms with van der Waals surface area (Å²) in [5, 5.41) is 4.54. The van der Waals surface area contributed by atoms with Gasteiger partial charge in [0.25, 0.3) is 0 Å². The first-order chi connectivity index (χ1) is 12.2. The molecule has 0 bridgehead atoms. The number of nitrogens with zero attached hydrogens (tertiary/aromatic N) is 4. The zero-order valence-corrected chi connectivity index (χ0v) is 17.5. The summed E-state index contributed by atoms with van der Waals surface area (Å²) in [6.07, 6.45) is 6.84. The second kappa shape index (κ2) is 10.5. The monoisotopic (exact) mass is 398 g/mol. The average Bonchev–Trinajstić information content (AvgIpc) is 2.97. The molecular formula is C18H27ClN4O2S. The van der Waals surface area contributed by atoms with Gasteiger partial charge in [-0.1, -0.05) is 22.8 Å². The van der Waals surface area contributed by atoms with Gasteiger partial charge in [0.2, 0.25) is 5.91 Å². The smallest absolute Gasteiger partial charge is 0.234 e. The maximum Gasteiger partial charge on any atom is 0.234 e. The summed E-state index contributed by atoms with van der Waals surface area (Å²) >= 11 is 5.23. The highest BCUT2D eigenvalue weighted by atomic mass is 35.5. The number of anilines is 1. The summed E-state index contributed by atoms with van der Waals surface area (Å²) in [6, 6.07) is 0. The van der Waals surface area contributed by atoms with Crippen molar-refractivity contribution in [2.45, 2.75) is 39.9 Å². The Labute approximate surface area is 163 Å². The molecule has 1 aromatic heterocycles. The minimum Gasteiger partial charge on any atom is -0.616 e. The van der Waals surface area contributed by atoms with Crippen LogP contribution in [0.4, 0.5) is 5.69 Å². The van der Waals surface area contributed by atoms with Crippen LogP contribution >= 0.6 is 11.6 Å². The van der Waals surface area contributed by atoms with Crippen LogP contribution in [0, 0.1) is 5.92 Å². The molecule has 0 fully saturated rings. The van der Waals surface area contributed by atoms with Crippen LogP contribution in [-0.4, -0.2) is 44.5 Å². The number of aliphatic imine (C=N–C) groups is 1. The van der Waals surface area contributed by atoms with Gasteiger partial charge in [0, 0.05) is 18.4 Å². The van der Waals surface area contributed by atoms with E-state index in [2.05, 4.69) is 16.8 Å². The molecule has 26 heavy (non-hydrogen) atoms. The van der Waals surface area contributed by atoms with Crippen molar-refractivity contribution in [1.82, 2.24) is 9.78 Å². The number of amides is 1. The van der Waals surface area contributed by atoms with Crippen LogP contribution in [0.3, 0.4) is 0 Å². The molecule has 1 rings (SSSR count). The van der Waals surface area contributed by atoms with Crippen molar-refractivity contribution in [2.75, 3.05) is 17.2 Å². The van der Waals surface area contributed by atoms with Crippen molar-refractivity contribution in [3.05, 3.63) is 29.7 Å². The highest BCUT2D eigenvalue weighted by Crippen LogP contribution is 2.27. The molecule has 1 amide bonds. The normalized spacial score (nSPS) is 14.7. The van der Waals surface area contributed by atoms with E-state index in [0.717, 1.165) is 5.70 Å². The molecule has 6 nitrogen and oxygen atoms in total. The Morgan fingerprint density at radius 1 is 1.54 bits per heavy atom. The van der Waals surface area contributed by atoms with E-state index in [4.69, 9.17) is 11.6 Å². The van der Waals surface area contributed by atoms with Crippen molar-refractivity contribution in [1.29, 1.82) is 0 Å². The highest BCUT2D eigenvalue weighted by Gasteiger charge is 2.28. The van der Waals surface area contributed by atoms with Gasteiger partial charge in [-0.25, -0.2) is 4.68 Å². The number of aromatic nitrogens is 2. The molecule has 144 valence electrons. The minimum absolute atomic E-state index is 0.0255. The number of allylic oxidation sites excluding steroid dienone is 3. The first-order valence-corrected chi connectivity index (χ1v) is 10.2. The predicted molar refractivity (Wildman–Crippen MR) is 111 cm³/mol. The van der Waals surface area contributed by atoms with Crippen LogP contribution < -0.4 is 4.90 Å². The van der Waals surface area contributed by atoms with Gasteiger partial charge in [0.1, 0.15) is 16.7 Å². The van der Waals surface area contributed by atoms with E-state index in [1.165, 1.54) is 0 Å². The number of rotatable bonds is 9. The Bertz CT molecular complexity index is 685. The van der Waals surface area contributed by atoms with Crippen LogP contribution in [0.1, 0.15) is 34.6 Å². The molecule has 2 unspecified atom stereocenters. The van der Waals surface area contributed by atoms with Crippen molar-refractivity contribution < 1.29 is 9.35 Å². The highest BCUT2D eigenvalue weighted by molar-refractivity contribution is 7.92. The fourth-order valence-electron chi connectivity index (χ4n) is 2.25. The van der Waals surface area contributed by atoms with Crippen molar-refractivity contribution in [3.8, 4) is 0 Å². The number of carbonyl (C=O) groups excluding carboxylic acids is 1. The molecule has 2 atom stereocenters. The van der Waals surface area contributed by atoms with Crippen LogP contribution in [0.25, 0.3) is 5.70 Å². The first-order valence-electron chi connectivity index (χ1n) is 8.46. The zero-order valence-electron chi connectivity index (χ0n) is 16.0. The molecule has 1 heterocycles. The van der Waals surface area contributed by atoms with Crippen molar-refractivity contribution in [2.24, 2.45) is 10.9 Å². The van der Waals surface area contributed by atoms with Gasteiger partial charge < -0.3 is 9.45 Å². The Kier molecular flexibility index (Phi) is 9.12. The third kappa shape index (κ3) is 6.00. The summed E-state index contributed by atoms with van der Waals surface area (Å²) in [7, 11) is 0. The Morgan fingerprint density at radius 3 is 2.73 bits per heavy atom. The fourth-order valence-corrected chi connectivity index (χ4v) is 3.50. The predicted octanol–water partition coefficient (Wildman–Crippen LogP) is 3.76. The van der Waals surface area contributed by atoms with Crippen molar-refractivity contribution in [3.63, 3.8) is 0 Å². The summed E-state index contributed by atoms with van der Waals surface area (Å²) in [6.45, 7) is 13.1. The maximum absolute atomic E-state index is 12.8. The van der Waals surface area contributed by atoms with Crippen LogP contribution in [-0.2, 0) is 16.0 Å². The molecule has 0 aliphatic rings. The van der Waals surface area contributed by atoms with E-state index in [1.807, 2.05) is 33.8 Å². The summed E-state index contributed by atoms with van der Waals surface area (Å²) < 4.78 is 13.7. The van der Waals surface area contributed by atoms with Gasteiger partial charge in [-0.15, -0.1) is 0 Å². The molecule has 0 aliphatic carbocycles. The van der Waals surface area contributed by atoms with Crippen molar-refractivity contribution >= 4 is 46.8 Å². The van der Waals surface area contributed by atoms with E-state index < -0.39 is 11.2 Å². The summed E-state index contributed by atoms with van der Waals surface area (Å²) in [5.41, 5.74) is 1.36. The molecule has 0 radical (unpaired) electrons. The molecule has 0 spiro atoms. The Morgan fingerprint density at radius 2 is 2.19 bits per heavy atom. The lowest BCUT2D eigenvalue weighted by Gasteiger charge is -2.25. The van der Waals surface area contributed by atoms with E-state index in [0.29, 0.717) is 18.0 Å². The Hall–Kier alpha value is -1.57.